The largest absolute Gasteiger partial charge is 0.457 e. The summed E-state index contributed by atoms with van der Waals surface area (Å²) in [6, 6.07) is 6.28. The van der Waals surface area contributed by atoms with Crippen LogP contribution in [0.2, 0.25) is 0 Å². The van der Waals surface area contributed by atoms with Crippen LogP contribution in [0.5, 0.6) is 0 Å². The number of hydrogen-bond acceptors (Lipinski definition) is 5. The van der Waals surface area contributed by atoms with Crippen molar-refractivity contribution in [2.75, 3.05) is 6.79 Å². The lowest BCUT2D eigenvalue weighted by atomic mass is 9.85. The molecule has 3 aliphatic heterocycles. The van der Waals surface area contributed by atoms with Gasteiger partial charge in [0.15, 0.2) is 25.3 Å². The predicted molar refractivity (Wildman–Crippen MR) is 84.4 cm³/mol. The van der Waals surface area contributed by atoms with Crippen molar-refractivity contribution < 1.29 is 23.7 Å². The number of carbonyl (C=O) groups excluding carboxylic acids is 1. The second kappa shape index (κ2) is 5.31. The second-order valence-electron chi connectivity index (χ2n) is 6.59. The lowest BCUT2D eigenvalue weighted by Crippen LogP contribution is -2.44. The Morgan fingerprint density at radius 1 is 1.21 bits per heavy atom. The van der Waals surface area contributed by atoms with Crippen LogP contribution in [0.3, 0.4) is 0 Å². The summed E-state index contributed by atoms with van der Waals surface area (Å²) in [5, 5.41) is 1.15. The molecule has 4 heterocycles. The minimum Gasteiger partial charge on any atom is -0.457 e. The molecule has 0 saturated carbocycles. The fourth-order valence-electron chi connectivity index (χ4n) is 4.22. The summed E-state index contributed by atoms with van der Waals surface area (Å²) in [5.74, 6) is -0.267. The van der Waals surface area contributed by atoms with Crippen LogP contribution in [-0.4, -0.2) is 42.3 Å². The monoisotopic (exact) mass is 329 g/mol. The molecule has 6 nitrogen and oxygen atoms in total. The number of aryl methyl sites for hydroxylation is 1. The Labute approximate surface area is 139 Å². The van der Waals surface area contributed by atoms with Gasteiger partial charge in [0, 0.05) is 23.0 Å². The Balaban J connectivity index is 1.57. The zero-order valence-corrected chi connectivity index (χ0v) is 13.4. The molecule has 0 unspecified atom stereocenters. The summed E-state index contributed by atoms with van der Waals surface area (Å²) in [6.45, 7) is 2.33. The van der Waals surface area contributed by atoms with Gasteiger partial charge in [0.05, 0.1) is 6.42 Å². The summed E-state index contributed by atoms with van der Waals surface area (Å²) in [4.78, 5) is 15.6. The first-order valence-electron chi connectivity index (χ1n) is 8.43. The molecular formula is C18H19NO5. The molecular weight excluding hydrogens is 310 g/mol. The van der Waals surface area contributed by atoms with Crippen LogP contribution in [0.4, 0.5) is 0 Å². The van der Waals surface area contributed by atoms with Gasteiger partial charge in [0.2, 0.25) is 0 Å². The van der Waals surface area contributed by atoms with E-state index in [-0.39, 0.29) is 30.9 Å². The lowest BCUT2D eigenvalue weighted by molar-refractivity contribution is -0.177. The van der Waals surface area contributed by atoms with E-state index >= 15 is 0 Å². The van der Waals surface area contributed by atoms with Gasteiger partial charge in [-0.05, 0) is 17.5 Å². The van der Waals surface area contributed by atoms with Gasteiger partial charge in [-0.2, -0.15) is 0 Å². The highest BCUT2D eigenvalue weighted by Crippen LogP contribution is 2.44. The lowest BCUT2D eigenvalue weighted by Gasteiger charge is -2.33. The molecule has 0 aliphatic carbocycles. The molecule has 3 saturated heterocycles. The second-order valence-corrected chi connectivity index (χ2v) is 6.59. The predicted octanol–water partition coefficient (Wildman–Crippen LogP) is 2.23. The molecule has 5 rings (SSSR count). The van der Waals surface area contributed by atoms with Crippen LogP contribution in [0.25, 0.3) is 10.9 Å². The third-order valence-electron chi connectivity index (χ3n) is 5.36. The van der Waals surface area contributed by atoms with Crippen molar-refractivity contribution >= 4 is 16.9 Å². The highest BCUT2D eigenvalue weighted by atomic mass is 16.8. The maximum absolute atomic E-state index is 12.2. The van der Waals surface area contributed by atoms with Crippen molar-refractivity contribution in [1.29, 1.82) is 0 Å². The van der Waals surface area contributed by atoms with E-state index < -0.39 is 12.4 Å². The number of benzene rings is 1. The number of H-pyrrole nitrogens is 1. The molecule has 1 aromatic heterocycles. The van der Waals surface area contributed by atoms with E-state index in [1.807, 2.05) is 6.20 Å². The van der Waals surface area contributed by atoms with Gasteiger partial charge in [-0.1, -0.05) is 25.1 Å². The number of esters is 1. The SMILES string of the molecule is CCc1cccc2c([C@H]3CC(=O)O[C@@H]4[C@H]5OCO[C@H]5O[C@@H]43)c[nH]c12. The topological polar surface area (TPSA) is 69.8 Å². The number of para-hydroxylation sites is 1. The molecule has 5 atom stereocenters. The van der Waals surface area contributed by atoms with Gasteiger partial charge < -0.3 is 23.9 Å². The van der Waals surface area contributed by atoms with E-state index in [1.165, 1.54) is 5.56 Å². The number of ether oxygens (including phenoxy) is 4. The Morgan fingerprint density at radius 3 is 3.00 bits per heavy atom. The van der Waals surface area contributed by atoms with Crippen LogP contribution >= 0.6 is 0 Å². The molecule has 0 spiro atoms. The van der Waals surface area contributed by atoms with Crippen molar-refractivity contribution in [1.82, 2.24) is 4.98 Å². The van der Waals surface area contributed by atoms with E-state index in [9.17, 15) is 4.79 Å². The maximum atomic E-state index is 12.2. The molecule has 0 bridgehead atoms. The van der Waals surface area contributed by atoms with E-state index in [1.54, 1.807) is 0 Å². The quantitative estimate of drug-likeness (QED) is 0.856. The number of fused-ring (bicyclic) bond motifs is 4. The first-order chi connectivity index (χ1) is 11.8. The summed E-state index contributed by atoms with van der Waals surface area (Å²) >= 11 is 0. The third kappa shape index (κ3) is 1.97. The standard InChI is InChI=1S/C18H19NO5/c1-2-9-4-3-5-10-12(7-19-14(9)10)11-6-13(20)23-16-15(11)24-18-17(16)21-8-22-18/h3-5,7,11,15-19H,2,6,8H2,1H3/t11-,15-,16+,17-,18+/m1/s1. The fourth-order valence-corrected chi connectivity index (χ4v) is 4.22. The van der Waals surface area contributed by atoms with Crippen molar-refractivity contribution in [3.8, 4) is 0 Å². The zero-order valence-electron chi connectivity index (χ0n) is 13.4. The number of rotatable bonds is 2. The number of aromatic amines is 1. The van der Waals surface area contributed by atoms with Crippen molar-refractivity contribution in [3.63, 3.8) is 0 Å². The first kappa shape index (κ1) is 14.5. The van der Waals surface area contributed by atoms with E-state index in [2.05, 4.69) is 30.1 Å². The van der Waals surface area contributed by atoms with Gasteiger partial charge in [0.1, 0.15) is 6.10 Å². The highest BCUT2D eigenvalue weighted by molar-refractivity contribution is 5.87. The fraction of sp³-hybridized carbons (Fsp3) is 0.500. The van der Waals surface area contributed by atoms with Crippen LogP contribution < -0.4 is 0 Å². The minimum absolute atomic E-state index is 0.0603. The smallest absolute Gasteiger partial charge is 0.306 e. The number of aromatic nitrogens is 1. The Kier molecular flexibility index (Phi) is 3.20. The molecule has 3 fully saturated rings. The molecule has 24 heavy (non-hydrogen) atoms. The van der Waals surface area contributed by atoms with E-state index in [4.69, 9.17) is 18.9 Å². The molecule has 6 heteroatoms. The van der Waals surface area contributed by atoms with Gasteiger partial charge >= 0.3 is 5.97 Å². The Morgan fingerprint density at radius 2 is 2.12 bits per heavy atom. The number of carbonyl (C=O) groups is 1. The van der Waals surface area contributed by atoms with E-state index in [0.29, 0.717) is 6.42 Å². The normalized spacial score (nSPS) is 35.0. The number of hydrogen-bond donors (Lipinski definition) is 1. The van der Waals surface area contributed by atoms with Gasteiger partial charge in [0.25, 0.3) is 0 Å². The van der Waals surface area contributed by atoms with Crippen molar-refractivity contribution in [2.45, 2.75) is 50.3 Å². The third-order valence-corrected chi connectivity index (χ3v) is 5.36. The van der Waals surface area contributed by atoms with Crippen LogP contribution in [0.15, 0.2) is 24.4 Å². The first-order valence-corrected chi connectivity index (χ1v) is 8.43. The molecule has 0 radical (unpaired) electrons. The number of nitrogens with one attached hydrogen (secondary N) is 1. The van der Waals surface area contributed by atoms with Gasteiger partial charge in [-0.25, -0.2) is 0 Å². The minimum atomic E-state index is -0.440. The van der Waals surface area contributed by atoms with Gasteiger partial charge in [-0.3, -0.25) is 4.79 Å². The summed E-state index contributed by atoms with van der Waals surface area (Å²) in [5.41, 5.74) is 3.51. The van der Waals surface area contributed by atoms with Crippen molar-refractivity contribution in [3.05, 3.63) is 35.5 Å². The van der Waals surface area contributed by atoms with Gasteiger partial charge in [-0.15, -0.1) is 0 Å². The zero-order chi connectivity index (χ0) is 16.3. The van der Waals surface area contributed by atoms with Crippen LogP contribution in [-0.2, 0) is 30.2 Å². The average molecular weight is 329 g/mol. The summed E-state index contributed by atoms with van der Waals surface area (Å²) < 4.78 is 22.6. The highest BCUT2D eigenvalue weighted by Gasteiger charge is 2.56. The molecule has 3 aliphatic rings. The summed E-state index contributed by atoms with van der Waals surface area (Å²) in [7, 11) is 0. The molecule has 1 aromatic carbocycles. The van der Waals surface area contributed by atoms with E-state index in [0.717, 1.165) is 22.9 Å². The Hall–Kier alpha value is -1.89. The van der Waals surface area contributed by atoms with Crippen LogP contribution in [0.1, 0.15) is 30.4 Å². The molecule has 126 valence electrons. The average Bonchev–Trinajstić information content (AvgIpc) is 3.28. The Bertz CT molecular complexity index is 800. The molecule has 0 amide bonds. The van der Waals surface area contributed by atoms with Crippen LogP contribution in [0, 0.1) is 0 Å². The molecule has 1 N–H and O–H groups in total. The maximum Gasteiger partial charge on any atom is 0.306 e. The van der Waals surface area contributed by atoms with Crippen molar-refractivity contribution in [2.24, 2.45) is 0 Å². The summed E-state index contributed by atoms with van der Waals surface area (Å²) in [6.07, 6.45) is 1.87. The molecule has 2 aromatic rings.